The summed E-state index contributed by atoms with van der Waals surface area (Å²) in [7, 11) is 0. The van der Waals surface area contributed by atoms with Gasteiger partial charge in [-0.2, -0.15) is 5.26 Å². The van der Waals surface area contributed by atoms with Crippen molar-refractivity contribution in [3.05, 3.63) is 71.3 Å². The maximum atomic E-state index is 14.0. The fourth-order valence-corrected chi connectivity index (χ4v) is 3.97. The van der Waals surface area contributed by atoms with Crippen LogP contribution in [0.2, 0.25) is 0 Å². The minimum atomic E-state index is -1.05. The molecule has 2 atom stereocenters. The Morgan fingerprint density at radius 3 is 2.21 bits per heavy atom. The van der Waals surface area contributed by atoms with Gasteiger partial charge in [0.25, 0.3) is 0 Å². The maximum absolute atomic E-state index is 14.0. The van der Waals surface area contributed by atoms with Gasteiger partial charge in [0, 0.05) is 13.0 Å². The molecule has 2 aromatic rings. The van der Waals surface area contributed by atoms with Crippen LogP contribution in [0.1, 0.15) is 70.2 Å². The third-order valence-electron chi connectivity index (χ3n) is 5.89. The molecular weight excluding hydrogens is 480 g/mol. The lowest BCUT2D eigenvalue weighted by atomic mass is 9.99. The summed E-state index contributed by atoms with van der Waals surface area (Å²) >= 11 is 0. The first kappa shape index (κ1) is 30.4. The van der Waals surface area contributed by atoms with Gasteiger partial charge in [-0.15, -0.1) is 0 Å². The molecule has 204 valence electrons. The highest BCUT2D eigenvalue weighted by Crippen LogP contribution is 2.24. The van der Waals surface area contributed by atoms with Crippen molar-refractivity contribution in [1.82, 2.24) is 15.5 Å². The molecule has 0 radical (unpaired) electrons. The lowest BCUT2D eigenvalue weighted by Crippen LogP contribution is -2.54. The normalized spacial score (nSPS) is 12.5. The lowest BCUT2D eigenvalue weighted by Gasteiger charge is -2.33. The molecule has 0 aliphatic heterocycles. The fraction of sp³-hybridized carbons (Fsp3) is 0.467. The molecule has 3 amide bonds. The van der Waals surface area contributed by atoms with E-state index in [1.54, 1.807) is 20.8 Å². The van der Waals surface area contributed by atoms with E-state index in [2.05, 4.69) is 10.6 Å². The fourth-order valence-electron chi connectivity index (χ4n) is 3.97. The van der Waals surface area contributed by atoms with Crippen LogP contribution >= 0.6 is 0 Å². The molecule has 0 aromatic heterocycles. The molecule has 0 spiro atoms. The predicted octanol–water partition coefficient (Wildman–Crippen LogP) is 4.69. The van der Waals surface area contributed by atoms with Crippen LogP contribution in [0.25, 0.3) is 0 Å². The topological polar surface area (TPSA) is 112 Å². The number of aryl methyl sites for hydroxylation is 1. The Morgan fingerprint density at radius 1 is 1.00 bits per heavy atom. The van der Waals surface area contributed by atoms with Crippen molar-refractivity contribution < 1.29 is 19.1 Å². The van der Waals surface area contributed by atoms with Crippen molar-refractivity contribution in [1.29, 1.82) is 5.26 Å². The van der Waals surface area contributed by atoms with E-state index in [0.717, 1.165) is 30.4 Å². The highest BCUT2D eigenvalue weighted by Gasteiger charge is 2.36. The highest BCUT2D eigenvalue weighted by molar-refractivity contribution is 5.92. The average molecular weight is 521 g/mol. The molecule has 2 aromatic carbocycles. The number of nitrogens with zero attached hydrogens (tertiary/aromatic N) is 2. The largest absolute Gasteiger partial charge is 0.444 e. The highest BCUT2D eigenvalue weighted by atomic mass is 16.6. The number of amides is 3. The summed E-state index contributed by atoms with van der Waals surface area (Å²) in [4.78, 5) is 41.5. The van der Waals surface area contributed by atoms with E-state index < -0.39 is 29.7 Å². The standard InChI is InChI=1S/C30H40N4O4/c1-6-8-19-32-27(35)26(24-16-14-22(7-2)15-17-24)34(20-18-31)28(36)25(21-23-12-10-9-11-13-23)33-29(37)38-30(3,4)5/h9-17,25-26H,6-8,19-21H2,1-5H3,(H,32,35)(H,33,37). The van der Waals surface area contributed by atoms with E-state index in [9.17, 15) is 19.6 Å². The van der Waals surface area contributed by atoms with Crippen molar-refractivity contribution in [3.8, 4) is 6.07 Å². The summed E-state index contributed by atoms with van der Waals surface area (Å²) in [5, 5.41) is 15.3. The van der Waals surface area contributed by atoms with Gasteiger partial charge in [0.2, 0.25) is 11.8 Å². The first-order valence-electron chi connectivity index (χ1n) is 13.2. The van der Waals surface area contributed by atoms with E-state index in [1.807, 2.05) is 74.5 Å². The van der Waals surface area contributed by atoms with Gasteiger partial charge in [-0.1, -0.05) is 74.9 Å². The number of nitrogens with one attached hydrogen (secondary N) is 2. The molecule has 2 rings (SSSR count). The van der Waals surface area contributed by atoms with Gasteiger partial charge < -0.3 is 20.3 Å². The molecule has 8 nitrogen and oxygen atoms in total. The number of rotatable bonds is 12. The molecule has 0 saturated heterocycles. The summed E-state index contributed by atoms with van der Waals surface area (Å²) in [6.45, 7) is 9.39. The number of unbranched alkanes of at least 4 members (excludes halogenated alkanes) is 1. The van der Waals surface area contributed by atoms with E-state index in [0.29, 0.717) is 12.1 Å². The number of alkyl carbamates (subject to hydrolysis) is 1. The second-order valence-electron chi connectivity index (χ2n) is 10.2. The summed E-state index contributed by atoms with van der Waals surface area (Å²) in [5.74, 6) is -0.918. The number of benzene rings is 2. The van der Waals surface area contributed by atoms with Crippen molar-refractivity contribution in [2.45, 2.75) is 78.0 Å². The van der Waals surface area contributed by atoms with Gasteiger partial charge in [-0.3, -0.25) is 9.59 Å². The van der Waals surface area contributed by atoms with Crippen LogP contribution in [0.3, 0.4) is 0 Å². The lowest BCUT2D eigenvalue weighted by molar-refractivity contribution is -0.141. The second-order valence-corrected chi connectivity index (χ2v) is 10.2. The number of carbonyl (C=O) groups excluding carboxylic acids is 3. The van der Waals surface area contributed by atoms with E-state index >= 15 is 0 Å². The molecule has 2 N–H and O–H groups in total. The van der Waals surface area contributed by atoms with E-state index in [1.165, 1.54) is 4.90 Å². The van der Waals surface area contributed by atoms with Crippen LogP contribution in [0.4, 0.5) is 4.79 Å². The van der Waals surface area contributed by atoms with Crippen LogP contribution < -0.4 is 10.6 Å². The maximum Gasteiger partial charge on any atom is 0.408 e. The number of hydrogen-bond donors (Lipinski definition) is 2. The quantitative estimate of drug-likeness (QED) is 0.311. The molecule has 0 heterocycles. The van der Waals surface area contributed by atoms with E-state index in [4.69, 9.17) is 4.74 Å². The Hall–Kier alpha value is -3.86. The summed E-state index contributed by atoms with van der Waals surface area (Å²) in [5.41, 5.74) is 1.73. The Labute approximate surface area is 226 Å². The number of hydrogen-bond acceptors (Lipinski definition) is 5. The smallest absolute Gasteiger partial charge is 0.408 e. The van der Waals surface area contributed by atoms with Gasteiger partial charge in [-0.25, -0.2) is 4.79 Å². The summed E-state index contributed by atoms with van der Waals surface area (Å²) in [6, 6.07) is 16.6. The van der Waals surface area contributed by atoms with Crippen molar-refractivity contribution in [2.75, 3.05) is 13.1 Å². The minimum absolute atomic E-state index is 0.166. The van der Waals surface area contributed by atoms with Crippen LogP contribution in [-0.2, 0) is 27.2 Å². The van der Waals surface area contributed by atoms with Crippen LogP contribution in [0, 0.1) is 11.3 Å². The predicted molar refractivity (Wildman–Crippen MR) is 147 cm³/mol. The van der Waals surface area contributed by atoms with Gasteiger partial charge in [0.05, 0.1) is 6.07 Å². The number of carbonyl (C=O) groups is 3. The van der Waals surface area contributed by atoms with Crippen LogP contribution in [0.15, 0.2) is 54.6 Å². The Bertz CT molecular complexity index is 1090. The van der Waals surface area contributed by atoms with Crippen molar-refractivity contribution in [3.63, 3.8) is 0 Å². The Morgan fingerprint density at radius 2 is 1.66 bits per heavy atom. The average Bonchev–Trinajstić information content (AvgIpc) is 2.87. The van der Waals surface area contributed by atoms with Crippen molar-refractivity contribution >= 4 is 17.9 Å². The number of ether oxygens (including phenoxy) is 1. The van der Waals surface area contributed by atoms with Gasteiger partial charge >= 0.3 is 6.09 Å². The first-order valence-corrected chi connectivity index (χ1v) is 13.2. The third-order valence-corrected chi connectivity index (χ3v) is 5.89. The second kappa shape index (κ2) is 14.8. The summed E-state index contributed by atoms with van der Waals surface area (Å²) < 4.78 is 5.41. The van der Waals surface area contributed by atoms with Gasteiger partial charge in [0.15, 0.2) is 0 Å². The van der Waals surface area contributed by atoms with E-state index in [-0.39, 0.29) is 18.9 Å². The molecule has 0 fully saturated rings. The SMILES string of the molecule is CCCCNC(=O)C(c1ccc(CC)cc1)N(CC#N)C(=O)C(Cc1ccccc1)NC(=O)OC(C)(C)C. The Balaban J connectivity index is 2.48. The molecule has 2 unspecified atom stereocenters. The number of nitriles is 1. The zero-order valence-corrected chi connectivity index (χ0v) is 23.1. The monoisotopic (exact) mass is 520 g/mol. The zero-order chi connectivity index (χ0) is 28.1. The minimum Gasteiger partial charge on any atom is -0.444 e. The molecule has 8 heteroatoms. The third kappa shape index (κ3) is 9.55. The molecule has 0 aliphatic carbocycles. The molecule has 0 aliphatic rings. The molecular formula is C30H40N4O4. The molecule has 38 heavy (non-hydrogen) atoms. The summed E-state index contributed by atoms with van der Waals surface area (Å²) in [6.07, 6.45) is 1.93. The van der Waals surface area contributed by atoms with Gasteiger partial charge in [0.1, 0.15) is 24.2 Å². The van der Waals surface area contributed by atoms with Gasteiger partial charge in [-0.05, 0) is 50.3 Å². The van der Waals surface area contributed by atoms with Crippen LogP contribution in [-0.4, -0.2) is 47.5 Å². The van der Waals surface area contributed by atoms with Crippen LogP contribution in [0.5, 0.6) is 0 Å². The van der Waals surface area contributed by atoms with Crippen molar-refractivity contribution in [2.24, 2.45) is 0 Å². The first-order chi connectivity index (χ1) is 18.1. The molecule has 0 bridgehead atoms. The Kier molecular flexibility index (Phi) is 11.8. The zero-order valence-electron chi connectivity index (χ0n) is 23.1. The molecule has 0 saturated carbocycles.